The molecule has 3 nitrogen and oxygen atoms in total. The van der Waals surface area contributed by atoms with Gasteiger partial charge in [0, 0.05) is 23.9 Å². The maximum Gasteiger partial charge on any atom is 0.125 e. The Balaban J connectivity index is 2.16. The van der Waals surface area contributed by atoms with E-state index in [1.54, 1.807) is 19.2 Å². The normalized spacial score (nSPS) is 11.9. The summed E-state index contributed by atoms with van der Waals surface area (Å²) < 4.78 is 11.0. The second kappa shape index (κ2) is 5.45. The third kappa shape index (κ3) is 2.94. The third-order valence-electron chi connectivity index (χ3n) is 2.72. The fourth-order valence-electron chi connectivity index (χ4n) is 1.78. The largest absolute Gasteiger partial charge is 0.497 e. The van der Waals surface area contributed by atoms with Gasteiger partial charge in [-0.3, -0.25) is 0 Å². The van der Waals surface area contributed by atoms with E-state index in [4.69, 9.17) is 15.2 Å². The van der Waals surface area contributed by atoms with Crippen molar-refractivity contribution in [3.63, 3.8) is 0 Å². The zero-order valence-corrected chi connectivity index (χ0v) is 10.6. The number of benzene rings is 2. The van der Waals surface area contributed by atoms with Gasteiger partial charge in [-0.2, -0.15) is 0 Å². The topological polar surface area (TPSA) is 44.5 Å². The van der Waals surface area contributed by atoms with Crippen LogP contribution in [0.5, 0.6) is 11.5 Å². The van der Waals surface area contributed by atoms with Gasteiger partial charge in [0.1, 0.15) is 17.6 Å². The summed E-state index contributed by atoms with van der Waals surface area (Å²) in [5.41, 5.74) is 7.54. The van der Waals surface area contributed by atoms with E-state index in [1.807, 2.05) is 43.3 Å². The van der Waals surface area contributed by atoms with Gasteiger partial charge < -0.3 is 15.2 Å². The van der Waals surface area contributed by atoms with Gasteiger partial charge in [0.2, 0.25) is 0 Å². The highest BCUT2D eigenvalue weighted by Crippen LogP contribution is 2.28. The standard InChI is InChI=1S/C15H17NO2/c1-11(12-6-4-3-5-7-12)18-15-9-13(16)8-14(10-15)17-2/h3-11H,16H2,1-2H3. The monoisotopic (exact) mass is 243 g/mol. The van der Waals surface area contributed by atoms with Crippen molar-refractivity contribution in [3.05, 3.63) is 54.1 Å². The number of hydrogen-bond donors (Lipinski definition) is 1. The Morgan fingerprint density at radius 3 is 2.33 bits per heavy atom. The van der Waals surface area contributed by atoms with Gasteiger partial charge in [0.15, 0.2) is 0 Å². The SMILES string of the molecule is COc1cc(N)cc(OC(C)c2ccccc2)c1. The molecule has 0 aromatic heterocycles. The van der Waals surface area contributed by atoms with Crippen LogP contribution in [0.3, 0.4) is 0 Å². The lowest BCUT2D eigenvalue weighted by Crippen LogP contribution is -2.03. The molecule has 3 heteroatoms. The molecule has 0 saturated carbocycles. The fraction of sp³-hybridized carbons (Fsp3) is 0.200. The Kier molecular flexibility index (Phi) is 3.72. The minimum atomic E-state index is -0.0299. The van der Waals surface area contributed by atoms with Crippen molar-refractivity contribution in [2.45, 2.75) is 13.0 Å². The van der Waals surface area contributed by atoms with Gasteiger partial charge in [-0.05, 0) is 12.5 Å². The van der Waals surface area contributed by atoms with E-state index in [2.05, 4.69) is 0 Å². The molecule has 1 unspecified atom stereocenters. The first-order valence-corrected chi connectivity index (χ1v) is 5.85. The molecule has 0 aliphatic carbocycles. The van der Waals surface area contributed by atoms with E-state index in [1.165, 1.54) is 0 Å². The van der Waals surface area contributed by atoms with Crippen molar-refractivity contribution in [2.24, 2.45) is 0 Å². The molecule has 0 aliphatic rings. The highest BCUT2D eigenvalue weighted by atomic mass is 16.5. The Hall–Kier alpha value is -2.16. The van der Waals surface area contributed by atoms with E-state index in [9.17, 15) is 0 Å². The number of rotatable bonds is 4. The third-order valence-corrected chi connectivity index (χ3v) is 2.72. The number of anilines is 1. The lowest BCUT2D eigenvalue weighted by molar-refractivity contribution is 0.226. The van der Waals surface area contributed by atoms with Crippen LogP contribution in [0.15, 0.2) is 48.5 Å². The van der Waals surface area contributed by atoms with Gasteiger partial charge in [0.25, 0.3) is 0 Å². The van der Waals surface area contributed by atoms with Crippen LogP contribution in [0.2, 0.25) is 0 Å². The minimum Gasteiger partial charge on any atom is -0.497 e. The molecule has 2 N–H and O–H groups in total. The van der Waals surface area contributed by atoms with Crippen LogP contribution in [-0.2, 0) is 0 Å². The molecule has 2 aromatic carbocycles. The van der Waals surface area contributed by atoms with Crippen LogP contribution < -0.4 is 15.2 Å². The second-order valence-corrected chi connectivity index (χ2v) is 4.11. The number of ether oxygens (including phenoxy) is 2. The molecule has 2 rings (SSSR count). The Morgan fingerprint density at radius 1 is 1.00 bits per heavy atom. The van der Waals surface area contributed by atoms with Crippen molar-refractivity contribution < 1.29 is 9.47 Å². The molecular formula is C15H17NO2. The fourth-order valence-corrected chi connectivity index (χ4v) is 1.78. The van der Waals surface area contributed by atoms with Crippen LogP contribution in [-0.4, -0.2) is 7.11 Å². The maximum atomic E-state index is 5.86. The number of nitrogen functional groups attached to an aromatic ring is 1. The second-order valence-electron chi connectivity index (χ2n) is 4.11. The molecule has 0 heterocycles. The predicted molar refractivity (Wildman–Crippen MR) is 72.9 cm³/mol. The minimum absolute atomic E-state index is 0.0299. The first-order valence-electron chi connectivity index (χ1n) is 5.85. The molecule has 0 fully saturated rings. The summed E-state index contributed by atoms with van der Waals surface area (Å²) in [6.45, 7) is 2.00. The summed E-state index contributed by atoms with van der Waals surface area (Å²) in [7, 11) is 1.61. The van der Waals surface area contributed by atoms with Crippen molar-refractivity contribution in [1.82, 2.24) is 0 Å². The maximum absolute atomic E-state index is 5.86. The van der Waals surface area contributed by atoms with E-state index in [-0.39, 0.29) is 6.10 Å². The van der Waals surface area contributed by atoms with E-state index in [0.29, 0.717) is 17.2 Å². The summed E-state index contributed by atoms with van der Waals surface area (Å²) in [6.07, 6.45) is -0.0299. The van der Waals surface area contributed by atoms with Crippen molar-refractivity contribution in [3.8, 4) is 11.5 Å². The molecule has 94 valence electrons. The van der Waals surface area contributed by atoms with Crippen molar-refractivity contribution in [2.75, 3.05) is 12.8 Å². The molecule has 0 spiro atoms. The van der Waals surface area contributed by atoms with Gasteiger partial charge in [-0.25, -0.2) is 0 Å². The average molecular weight is 243 g/mol. The molecule has 0 radical (unpaired) electrons. The Bertz CT molecular complexity index is 511. The molecule has 0 saturated heterocycles. The number of methoxy groups -OCH3 is 1. The number of nitrogens with two attached hydrogens (primary N) is 1. The Labute approximate surface area is 107 Å². The summed E-state index contributed by atoms with van der Waals surface area (Å²) in [5.74, 6) is 1.41. The van der Waals surface area contributed by atoms with Gasteiger partial charge >= 0.3 is 0 Å². The van der Waals surface area contributed by atoms with Gasteiger partial charge in [0.05, 0.1) is 7.11 Å². The van der Waals surface area contributed by atoms with Crippen LogP contribution in [0, 0.1) is 0 Å². The molecule has 0 amide bonds. The van der Waals surface area contributed by atoms with Crippen molar-refractivity contribution >= 4 is 5.69 Å². The zero-order chi connectivity index (χ0) is 13.0. The first-order chi connectivity index (χ1) is 8.69. The molecule has 18 heavy (non-hydrogen) atoms. The molecule has 2 aromatic rings. The van der Waals surface area contributed by atoms with E-state index < -0.39 is 0 Å². The van der Waals surface area contributed by atoms with E-state index in [0.717, 1.165) is 5.56 Å². The van der Waals surface area contributed by atoms with Crippen LogP contribution >= 0.6 is 0 Å². The summed E-state index contributed by atoms with van der Waals surface area (Å²) in [6, 6.07) is 15.4. The summed E-state index contributed by atoms with van der Waals surface area (Å²) in [4.78, 5) is 0. The Morgan fingerprint density at radius 2 is 1.67 bits per heavy atom. The average Bonchev–Trinajstić information content (AvgIpc) is 2.39. The molecule has 0 aliphatic heterocycles. The van der Waals surface area contributed by atoms with Gasteiger partial charge in [-0.1, -0.05) is 30.3 Å². The lowest BCUT2D eigenvalue weighted by atomic mass is 10.1. The quantitative estimate of drug-likeness (QED) is 0.837. The number of hydrogen-bond acceptors (Lipinski definition) is 3. The molecule has 0 bridgehead atoms. The molecule has 1 atom stereocenters. The summed E-state index contributed by atoms with van der Waals surface area (Å²) >= 11 is 0. The van der Waals surface area contributed by atoms with E-state index >= 15 is 0 Å². The van der Waals surface area contributed by atoms with Crippen LogP contribution in [0.25, 0.3) is 0 Å². The lowest BCUT2D eigenvalue weighted by Gasteiger charge is -2.16. The highest BCUT2D eigenvalue weighted by Gasteiger charge is 2.08. The van der Waals surface area contributed by atoms with Crippen molar-refractivity contribution in [1.29, 1.82) is 0 Å². The predicted octanol–water partition coefficient (Wildman–Crippen LogP) is 3.42. The zero-order valence-electron chi connectivity index (χ0n) is 10.6. The van der Waals surface area contributed by atoms with Crippen LogP contribution in [0.1, 0.15) is 18.6 Å². The summed E-state index contributed by atoms with van der Waals surface area (Å²) in [5, 5.41) is 0. The van der Waals surface area contributed by atoms with Crippen LogP contribution in [0.4, 0.5) is 5.69 Å². The molecular weight excluding hydrogens is 226 g/mol. The first kappa shape index (κ1) is 12.3. The smallest absolute Gasteiger partial charge is 0.125 e. The highest BCUT2D eigenvalue weighted by molar-refractivity contribution is 5.50. The van der Waals surface area contributed by atoms with Gasteiger partial charge in [-0.15, -0.1) is 0 Å².